The second-order valence-corrected chi connectivity index (χ2v) is 7.50. The highest BCUT2D eigenvalue weighted by Gasteiger charge is 2.19. The number of rotatable bonds is 7. The lowest BCUT2D eigenvalue weighted by molar-refractivity contribution is -0.119. The summed E-state index contributed by atoms with van der Waals surface area (Å²) in [6.07, 6.45) is 0. The average Bonchev–Trinajstić information content (AvgIpc) is 3.07. The Hall–Kier alpha value is -3.46. The molecule has 168 valence electrons. The summed E-state index contributed by atoms with van der Waals surface area (Å²) in [7, 11) is 0. The van der Waals surface area contributed by atoms with E-state index in [1.165, 1.54) is 30.3 Å². The van der Waals surface area contributed by atoms with Crippen molar-refractivity contribution in [3.05, 3.63) is 70.5 Å². The predicted octanol–water partition coefficient (Wildman–Crippen LogP) is 5.21. The first-order chi connectivity index (χ1) is 15.1. The van der Waals surface area contributed by atoms with Gasteiger partial charge in [-0.15, -0.1) is 0 Å². The number of amides is 2. The fourth-order valence-corrected chi connectivity index (χ4v) is 3.33. The number of aryl methyl sites for hydroxylation is 2. The van der Waals surface area contributed by atoms with Crippen LogP contribution < -0.4 is 15.4 Å². The minimum Gasteiger partial charge on any atom is -0.435 e. The predicted molar refractivity (Wildman–Crippen MR) is 118 cm³/mol. The maximum Gasteiger partial charge on any atom is 0.387 e. The molecule has 0 radical (unpaired) electrons. The first-order valence-corrected chi connectivity index (χ1v) is 10.0. The molecule has 0 bridgehead atoms. The smallest absolute Gasteiger partial charge is 0.387 e. The van der Waals surface area contributed by atoms with Crippen molar-refractivity contribution in [3.63, 3.8) is 0 Å². The Morgan fingerprint density at radius 3 is 2.47 bits per heavy atom. The lowest BCUT2D eigenvalue weighted by Crippen LogP contribution is -2.25. The molecular weight excluding hydrogens is 442 g/mol. The summed E-state index contributed by atoms with van der Waals surface area (Å²) in [6, 6.07) is 11.3. The molecule has 2 N–H and O–H groups in total. The zero-order chi connectivity index (χ0) is 23.4. The third-order valence-corrected chi connectivity index (χ3v) is 4.91. The highest BCUT2D eigenvalue weighted by Crippen LogP contribution is 2.27. The van der Waals surface area contributed by atoms with Gasteiger partial charge >= 0.3 is 6.61 Å². The molecule has 0 spiro atoms. The molecule has 1 unspecified atom stereocenters. The number of carbonyl (C=O) groups is 2. The van der Waals surface area contributed by atoms with Gasteiger partial charge in [-0.2, -0.15) is 13.9 Å². The molecule has 2 amide bonds. The minimum atomic E-state index is -2.99. The second kappa shape index (κ2) is 9.78. The zero-order valence-electron chi connectivity index (χ0n) is 17.5. The van der Waals surface area contributed by atoms with Crippen molar-refractivity contribution in [3.8, 4) is 5.75 Å². The number of benzene rings is 2. The zero-order valence-corrected chi connectivity index (χ0v) is 18.3. The van der Waals surface area contributed by atoms with Gasteiger partial charge in [-0.25, -0.2) is 0 Å². The van der Waals surface area contributed by atoms with Gasteiger partial charge in [-0.1, -0.05) is 17.7 Å². The Labute approximate surface area is 188 Å². The molecule has 1 aromatic heterocycles. The third-order valence-electron chi connectivity index (χ3n) is 4.60. The minimum absolute atomic E-state index is 0.125. The molecule has 32 heavy (non-hydrogen) atoms. The lowest BCUT2D eigenvalue weighted by Gasteiger charge is -2.16. The first kappa shape index (κ1) is 23.2. The van der Waals surface area contributed by atoms with Gasteiger partial charge in [0.1, 0.15) is 11.8 Å². The van der Waals surface area contributed by atoms with E-state index >= 15 is 0 Å². The van der Waals surface area contributed by atoms with Crippen LogP contribution in [-0.4, -0.2) is 28.2 Å². The van der Waals surface area contributed by atoms with E-state index in [0.29, 0.717) is 11.4 Å². The summed E-state index contributed by atoms with van der Waals surface area (Å²) in [5.41, 5.74) is 2.54. The van der Waals surface area contributed by atoms with Crippen molar-refractivity contribution in [1.82, 2.24) is 9.78 Å². The van der Waals surface area contributed by atoms with Gasteiger partial charge < -0.3 is 15.4 Å². The Morgan fingerprint density at radius 2 is 1.84 bits per heavy atom. The maximum absolute atomic E-state index is 12.6. The number of hydrogen-bond donors (Lipinski definition) is 2. The van der Waals surface area contributed by atoms with Gasteiger partial charge in [0, 0.05) is 16.9 Å². The van der Waals surface area contributed by atoms with Gasteiger partial charge in [0.15, 0.2) is 0 Å². The summed E-state index contributed by atoms with van der Waals surface area (Å²) >= 11 is 6.28. The number of anilines is 2. The van der Waals surface area contributed by atoms with Crippen LogP contribution in [-0.2, 0) is 4.79 Å². The Kier molecular flexibility index (Phi) is 7.09. The molecule has 2 aromatic carbocycles. The van der Waals surface area contributed by atoms with Crippen LogP contribution in [0.3, 0.4) is 0 Å². The van der Waals surface area contributed by atoms with Gasteiger partial charge in [0.05, 0.1) is 16.4 Å². The standard InChI is InChI=1S/C22H21ClF2N4O3/c1-12-9-13(2)29(28-12)14(3)20(30)27-19-8-7-16(11-18(19)23)26-21(31)15-5-4-6-17(10-15)32-22(24)25/h4-11,14,22H,1-3H3,(H,26,31)(H,27,30). The second-order valence-electron chi connectivity index (χ2n) is 7.09. The summed E-state index contributed by atoms with van der Waals surface area (Å²) < 4.78 is 30.7. The van der Waals surface area contributed by atoms with Crippen molar-refractivity contribution in [2.24, 2.45) is 0 Å². The molecule has 7 nitrogen and oxygen atoms in total. The van der Waals surface area contributed by atoms with Crippen LogP contribution >= 0.6 is 11.6 Å². The number of hydrogen-bond acceptors (Lipinski definition) is 4. The van der Waals surface area contributed by atoms with E-state index in [4.69, 9.17) is 11.6 Å². The van der Waals surface area contributed by atoms with Crippen LogP contribution in [0.4, 0.5) is 20.2 Å². The van der Waals surface area contributed by atoms with Crippen molar-refractivity contribution >= 4 is 34.8 Å². The summed E-state index contributed by atoms with van der Waals surface area (Å²) in [6.45, 7) is 2.45. The van der Waals surface area contributed by atoms with Gasteiger partial charge in [0.25, 0.3) is 5.91 Å². The Morgan fingerprint density at radius 1 is 1.09 bits per heavy atom. The summed E-state index contributed by atoms with van der Waals surface area (Å²) in [4.78, 5) is 25.0. The van der Waals surface area contributed by atoms with Gasteiger partial charge in [0.2, 0.25) is 5.91 Å². The van der Waals surface area contributed by atoms with E-state index in [2.05, 4.69) is 20.5 Å². The molecule has 1 atom stereocenters. The van der Waals surface area contributed by atoms with Gasteiger partial charge in [-0.3, -0.25) is 14.3 Å². The molecule has 0 aliphatic heterocycles. The lowest BCUT2D eigenvalue weighted by atomic mass is 10.2. The topological polar surface area (TPSA) is 85.2 Å². The van der Waals surface area contributed by atoms with E-state index in [-0.39, 0.29) is 22.2 Å². The highest BCUT2D eigenvalue weighted by atomic mass is 35.5. The van der Waals surface area contributed by atoms with E-state index in [1.807, 2.05) is 19.9 Å². The molecule has 1 heterocycles. The molecular formula is C22H21ClF2N4O3. The van der Waals surface area contributed by atoms with Gasteiger partial charge in [-0.05, 0) is 63.2 Å². The van der Waals surface area contributed by atoms with E-state index in [1.54, 1.807) is 23.7 Å². The molecule has 0 aliphatic carbocycles. The van der Waals surface area contributed by atoms with E-state index in [9.17, 15) is 18.4 Å². The maximum atomic E-state index is 12.6. The Bertz CT molecular complexity index is 1150. The monoisotopic (exact) mass is 462 g/mol. The van der Waals surface area contributed by atoms with Crippen LogP contribution in [0.15, 0.2) is 48.5 Å². The number of nitrogens with one attached hydrogen (secondary N) is 2. The normalized spacial score (nSPS) is 11.8. The Balaban J connectivity index is 1.68. The molecule has 10 heteroatoms. The number of carbonyl (C=O) groups excluding carboxylic acids is 2. The molecule has 0 fully saturated rings. The van der Waals surface area contributed by atoms with E-state index in [0.717, 1.165) is 11.4 Å². The molecule has 3 rings (SSSR count). The van der Waals surface area contributed by atoms with Crippen molar-refractivity contribution in [2.45, 2.75) is 33.4 Å². The molecule has 0 aliphatic rings. The number of alkyl halides is 2. The fourth-order valence-electron chi connectivity index (χ4n) is 3.10. The summed E-state index contributed by atoms with van der Waals surface area (Å²) in [5, 5.41) is 9.91. The van der Waals surface area contributed by atoms with Crippen molar-refractivity contribution in [2.75, 3.05) is 10.6 Å². The van der Waals surface area contributed by atoms with Crippen LogP contribution in [0.25, 0.3) is 0 Å². The van der Waals surface area contributed by atoms with Crippen LogP contribution in [0.2, 0.25) is 5.02 Å². The number of nitrogens with zero attached hydrogens (tertiary/aromatic N) is 2. The molecule has 0 saturated carbocycles. The first-order valence-electron chi connectivity index (χ1n) is 9.63. The van der Waals surface area contributed by atoms with Crippen molar-refractivity contribution < 1.29 is 23.1 Å². The van der Waals surface area contributed by atoms with Crippen molar-refractivity contribution in [1.29, 1.82) is 0 Å². The average molecular weight is 463 g/mol. The highest BCUT2D eigenvalue weighted by molar-refractivity contribution is 6.34. The molecule has 0 saturated heterocycles. The molecule has 3 aromatic rings. The fraction of sp³-hybridized carbons (Fsp3) is 0.227. The largest absolute Gasteiger partial charge is 0.435 e. The SMILES string of the molecule is Cc1cc(C)n(C(C)C(=O)Nc2ccc(NC(=O)c3cccc(OC(F)F)c3)cc2Cl)n1. The number of ether oxygens (including phenoxy) is 1. The van der Waals surface area contributed by atoms with E-state index < -0.39 is 18.6 Å². The summed E-state index contributed by atoms with van der Waals surface area (Å²) in [5.74, 6) is -0.957. The quantitative estimate of drug-likeness (QED) is 0.505. The number of halogens is 3. The van der Waals surface area contributed by atoms with Crippen LogP contribution in [0.5, 0.6) is 5.75 Å². The van der Waals surface area contributed by atoms with Crippen LogP contribution in [0, 0.1) is 13.8 Å². The third kappa shape index (κ3) is 5.61. The van der Waals surface area contributed by atoms with Crippen LogP contribution in [0.1, 0.15) is 34.7 Å². The number of aromatic nitrogens is 2.